The molecule has 1 heterocycles. The standard InChI is InChI=1S/C28H35N3O3S2/c1-19(2)16-31(17-20(3)4)36(33,34)25-13-11-22(12-14-25)27(32)30-28-29-26(18-35-28)24-10-9-21-7-5-6-8-23(21)15-24/h9-15,18-20H,5-8,16-17H2,1-4H3,(H,29,30,32). The Hall–Kier alpha value is -2.55. The molecule has 0 atom stereocenters. The smallest absolute Gasteiger partial charge is 0.257 e. The Morgan fingerprint density at radius 2 is 1.61 bits per heavy atom. The maximum Gasteiger partial charge on any atom is 0.257 e. The molecule has 36 heavy (non-hydrogen) atoms. The number of fused-ring (bicyclic) bond motifs is 1. The number of benzene rings is 2. The average Bonchev–Trinajstić information content (AvgIpc) is 3.31. The summed E-state index contributed by atoms with van der Waals surface area (Å²) in [4.78, 5) is 17.6. The Balaban J connectivity index is 1.45. The van der Waals surface area contributed by atoms with E-state index >= 15 is 0 Å². The second-order valence-corrected chi connectivity index (χ2v) is 13.1. The number of anilines is 1. The van der Waals surface area contributed by atoms with Crippen molar-refractivity contribution in [1.29, 1.82) is 0 Å². The van der Waals surface area contributed by atoms with Gasteiger partial charge in [-0.3, -0.25) is 10.1 Å². The van der Waals surface area contributed by atoms with Gasteiger partial charge in [0.05, 0.1) is 10.6 Å². The molecule has 0 unspecified atom stereocenters. The van der Waals surface area contributed by atoms with E-state index in [1.165, 1.54) is 51.7 Å². The van der Waals surface area contributed by atoms with Crippen molar-refractivity contribution in [2.24, 2.45) is 11.8 Å². The van der Waals surface area contributed by atoms with Crippen molar-refractivity contribution in [3.63, 3.8) is 0 Å². The minimum atomic E-state index is -3.64. The first-order valence-electron chi connectivity index (χ1n) is 12.6. The number of sulfonamides is 1. The number of carbonyl (C=O) groups is 1. The molecular weight excluding hydrogens is 490 g/mol. The van der Waals surface area contributed by atoms with Gasteiger partial charge in [0.2, 0.25) is 10.0 Å². The van der Waals surface area contributed by atoms with Crippen LogP contribution in [-0.2, 0) is 22.9 Å². The van der Waals surface area contributed by atoms with Crippen LogP contribution in [0.15, 0.2) is 52.7 Å². The van der Waals surface area contributed by atoms with Gasteiger partial charge in [-0.05, 0) is 79.0 Å². The monoisotopic (exact) mass is 525 g/mol. The molecule has 1 N–H and O–H groups in total. The molecule has 4 rings (SSSR count). The second kappa shape index (κ2) is 11.2. The number of thiazole rings is 1. The zero-order valence-electron chi connectivity index (χ0n) is 21.5. The zero-order valence-corrected chi connectivity index (χ0v) is 23.1. The lowest BCUT2D eigenvalue weighted by Crippen LogP contribution is -2.37. The number of rotatable bonds is 9. The summed E-state index contributed by atoms with van der Waals surface area (Å²) in [5.41, 5.74) is 5.12. The molecule has 6 nitrogen and oxygen atoms in total. The molecule has 0 saturated heterocycles. The molecule has 1 amide bonds. The Labute approximate surface area is 218 Å². The van der Waals surface area contributed by atoms with E-state index in [0.29, 0.717) is 23.8 Å². The molecule has 2 aromatic carbocycles. The number of aromatic nitrogens is 1. The molecule has 1 aliphatic carbocycles. The summed E-state index contributed by atoms with van der Waals surface area (Å²) in [6.45, 7) is 8.94. The van der Waals surface area contributed by atoms with Gasteiger partial charge >= 0.3 is 0 Å². The van der Waals surface area contributed by atoms with Crippen molar-refractivity contribution >= 4 is 32.4 Å². The Bertz CT molecular complexity index is 1300. The van der Waals surface area contributed by atoms with Crippen LogP contribution in [0, 0.1) is 11.8 Å². The lowest BCUT2D eigenvalue weighted by atomic mass is 9.90. The summed E-state index contributed by atoms with van der Waals surface area (Å²) in [6.07, 6.45) is 4.72. The van der Waals surface area contributed by atoms with Gasteiger partial charge in [0, 0.05) is 29.6 Å². The fourth-order valence-corrected chi connectivity index (χ4v) is 7.02. The summed E-state index contributed by atoms with van der Waals surface area (Å²) < 4.78 is 28.0. The first kappa shape index (κ1) is 26.5. The van der Waals surface area contributed by atoms with Gasteiger partial charge in [-0.25, -0.2) is 13.4 Å². The van der Waals surface area contributed by atoms with Crippen LogP contribution in [0.2, 0.25) is 0 Å². The van der Waals surface area contributed by atoms with Gasteiger partial charge in [0.25, 0.3) is 5.91 Å². The van der Waals surface area contributed by atoms with E-state index in [4.69, 9.17) is 0 Å². The van der Waals surface area contributed by atoms with Gasteiger partial charge in [0.15, 0.2) is 5.13 Å². The SMILES string of the molecule is CC(C)CN(CC(C)C)S(=O)(=O)c1ccc(C(=O)Nc2nc(-c3ccc4c(c3)CCCC4)cs2)cc1. The van der Waals surface area contributed by atoms with Gasteiger partial charge in [0.1, 0.15) is 0 Å². The summed E-state index contributed by atoms with van der Waals surface area (Å²) in [5.74, 6) is 0.118. The van der Waals surface area contributed by atoms with Crippen LogP contribution in [0.5, 0.6) is 0 Å². The zero-order chi connectivity index (χ0) is 25.9. The lowest BCUT2D eigenvalue weighted by molar-refractivity contribution is 0.102. The summed E-state index contributed by atoms with van der Waals surface area (Å²) >= 11 is 1.38. The minimum Gasteiger partial charge on any atom is -0.298 e. The predicted octanol–water partition coefficient (Wildman–Crippen LogP) is 6.24. The van der Waals surface area contributed by atoms with Crippen molar-refractivity contribution in [1.82, 2.24) is 9.29 Å². The fraction of sp³-hybridized carbons (Fsp3) is 0.429. The molecule has 0 aliphatic heterocycles. The van der Waals surface area contributed by atoms with Gasteiger partial charge in [-0.2, -0.15) is 4.31 Å². The summed E-state index contributed by atoms with van der Waals surface area (Å²) in [5, 5.41) is 5.32. The molecule has 192 valence electrons. The quantitative estimate of drug-likeness (QED) is 0.358. The van der Waals surface area contributed by atoms with Crippen LogP contribution in [0.4, 0.5) is 5.13 Å². The summed E-state index contributed by atoms with van der Waals surface area (Å²) in [6, 6.07) is 12.7. The van der Waals surface area contributed by atoms with Crippen LogP contribution >= 0.6 is 11.3 Å². The van der Waals surface area contributed by atoms with Gasteiger partial charge in [-0.15, -0.1) is 11.3 Å². The minimum absolute atomic E-state index is 0.198. The maximum absolute atomic E-state index is 13.2. The molecule has 0 spiro atoms. The van der Waals surface area contributed by atoms with Crippen molar-refractivity contribution in [3.8, 4) is 11.3 Å². The molecule has 8 heteroatoms. The van der Waals surface area contributed by atoms with Crippen LogP contribution < -0.4 is 5.32 Å². The first-order valence-corrected chi connectivity index (χ1v) is 14.9. The highest BCUT2D eigenvalue weighted by Crippen LogP contribution is 2.30. The van der Waals surface area contributed by atoms with Crippen molar-refractivity contribution in [2.45, 2.75) is 58.3 Å². The molecule has 1 aliphatic rings. The third-order valence-electron chi connectivity index (χ3n) is 6.26. The Morgan fingerprint density at radius 3 is 2.25 bits per heavy atom. The highest BCUT2D eigenvalue weighted by Gasteiger charge is 2.26. The highest BCUT2D eigenvalue weighted by atomic mass is 32.2. The van der Waals surface area contributed by atoms with E-state index in [2.05, 4.69) is 28.5 Å². The molecule has 0 fully saturated rings. The number of hydrogen-bond acceptors (Lipinski definition) is 5. The average molecular weight is 526 g/mol. The second-order valence-electron chi connectivity index (χ2n) is 10.3. The van der Waals surface area contributed by atoms with Crippen molar-refractivity contribution < 1.29 is 13.2 Å². The van der Waals surface area contributed by atoms with Crippen LogP contribution in [0.3, 0.4) is 0 Å². The van der Waals surface area contributed by atoms with E-state index in [9.17, 15) is 13.2 Å². The van der Waals surface area contributed by atoms with E-state index in [1.54, 1.807) is 12.1 Å². The number of aryl methyl sites for hydroxylation is 2. The van der Waals surface area contributed by atoms with Crippen LogP contribution in [-0.4, -0.2) is 36.7 Å². The fourth-order valence-electron chi connectivity index (χ4n) is 4.54. The van der Waals surface area contributed by atoms with Crippen molar-refractivity contribution in [3.05, 3.63) is 64.5 Å². The predicted molar refractivity (Wildman–Crippen MR) is 147 cm³/mol. The van der Waals surface area contributed by atoms with Crippen LogP contribution in [0.25, 0.3) is 11.3 Å². The third kappa shape index (κ3) is 6.22. The lowest BCUT2D eigenvalue weighted by Gasteiger charge is -2.25. The first-order chi connectivity index (χ1) is 17.1. The highest BCUT2D eigenvalue weighted by molar-refractivity contribution is 7.89. The number of nitrogens with one attached hydrogen (secondary N) is 1. The Kier molecular flexibility index (Phi) is 8.27. The molecular formula is C28H35N3O3S2. The largest absolute Gasteiger partial charge is 0.298 e. The number of hydrogen-bond donors (Lipinski definition) is 1. The van der Waals surface area contributed by atoms with E-state index < -0.39 is 10.0 Å². The number of nitrogens with zero attached hydrogens (tertiary/aromatic N) is 2. The molecule has 0 saturated carbocycles. The van der Waals surface area contributed by atoms with E-state index in [0.717, 1.165) is 24.1 Å². The maximum atomic E-state index is 13.2. The third-order valence-corrected chi connectivity index (χ3v) is 8.86. The van der Waals surface area contributed by atoms with Gasteiger partial charge < -0.3 is 0 Å². The molecule has 0 bridgehead atoms. The van der Waals surface area contributed by atoms with E-state index in [-0.39, 0.29) is 22.6 Å². The molecule has 0 radical (unpaired) electrons. The van der Waals surface area contributed by atoms with Crippen molar-refractivity contribution in [2.75, 3.05) is 18.4 Å². The number of carbonyl (C=O) groups excluding carboxylic acids is 1. The molecule has 1 aromatic heterocycles. The Morgan fingerprint density at radius 1 is 0.972 bits per heavy atom. The summed E-state index contributed by atoms with van der Waals surface area (Å²) in [7, 11) is -3.64. The van der Waals surface area contributed by atoms with Crippen LogP contribution in [0.1, 0.15) is 62.0 Å². The van der Waals surface area contributed by atoms with Gasteiger partial charge in [-0.1, -0.05) is 39.8 Å². The normalized spacial score (nSPS) is 13.9. The number of amides is 1. The topological polar surface area (TPSA) is 79.4 Å². The van der Waals surface area contributed by atoms with E-state index in [1.807, 2.05) is 33.1 Å². The molecule has 3 aromatic rings.